The maximum atomic E-state index is 6.12. The first kappa shape index (κ1) is 9.36. The van der Waals surface area contributed by atoms with E-state index in [0.29, 0.717) is 17.1 Å². The molecule has 5 heteroatoms. The molecule has 0 atom stereocenters. The summed E-state index contributed by atoms with van der Waals surface area (Å²) in [6.07, 6.45) is 3.39. The molecule has 0 radical (unpaired) electrons. The molecule has 1 saturated carbocycles. The Morgan fingerprint density at radius 2 is 2.20 bits per heavy atom. The van der Waals surface area contributed by atoms with Gasteiger partial charge >= 0.3 is 0 Å². The van der Waals surface area contributed by atoms with Crippen LogP contribution < -0.4 is 10.6 Å². The highest BCUT2D eigenvalue weighted by Gasteiger charge is 2.23. The van der Waals surface area contributed by atoms with Crippen molar-refractivity contribution in [3.05, 3.63) is 16.4 Å². The normalized spacial score (nSPS) is 19.8. The molecule has 0 amide bonds. The Bertz CT molecular complexity index is 389. The third-order valence-electron chi connectivity index (χ3n) is 2.79. The number of rotatable bonds is 2. The van der Waals surface area contributed by atoms with E-state index in [2.05, 4.69) is 20.6 Å². The van der Waals surface area contributed by atoms with Gasteiger partial charge in [0.15, 0.2) is 0 Å². The molecular weight excluding hydrogens is 212 g/mol. The molecule has 2 heterocycles. The molecule has 1 aliphatic carbocycles. The molecule has 80 valence electrons. The van der Waals surface area contributed by atoms with Crippen LogP contribution in [0.2, 0.25) is 5.15 Å². The number of fused-ring (bicyclic) bond motifs is 1. The fourth-order valence-corrected chi connectivity index (χ4v) is 2.03. The van der Waals surface area contributed by atoms with Gasteiger partial charge < -0.3 is 10.6 Å². The van der Waals surface area contributed by atoms with Gasteiger partial charge in [-0.2, -0.15) is 0 Å². The Morgan fingerprint density at radius 1 is 1.33 bits per heavy atom. The summed E-state index contributed by atoms with van der Waals surface area (Å²) in [5, 5.41) is 7.14. The first-order valence-corrected chi connectivity index (χ1v) is 5.73. The van der Waals surface area contributed by atoms with Gasteiger partial charge in [0.05, 0.1) is 5.69 Å². The maximum absolute atomic E-state index is 6.12. The summed E-state index contributed by atoms with van der Waals surface area (Å²) in [5.74, 6) is 0.697. The Kier molecular flexibility index (Phi) is 2.25. The highest BCUT2D eigenvalue weighted by Crippen LogP contribution is 2.26. The van der Waals surface area contributed by atoms with E-state index in [1.54, 1.807) is 0 Å². The van der Waals surface area contributed by atoms with E-state index in [9.17, 15) is 0 Å². The molecule has 1 aromatic rings. The molecule has 0 aromatic carbocycles. The van der Waals surface area contributed by atoms with Gasteiger partial charge in [-0.1, -0.05) is 11.6 Å². The predicted molar refractivity (Wildman–Crippen MR) is 59.1 cm³/mol. The van der Waals surface area contributed by atoms with Gasteiger partial charge in [-0.25, -0.2) is 9.97 Å². The van der Waals surface area contributed by atoms with Gasteiger partial charge in [0.25, 0.3) is 0 Å². The largest absolute Gasteiger partial charge is 0.351 e. The van der Waals surface area contributed by atoms with E-state index < -0.39 is 0 Å². The third-order valence-corrected chi connectivity index (χ3v) is 3.11. The monoisotopic (exact) mass is 224 g/mol. The SMILES string of the molecule is Clc1nc(NC2CC2)nc2c1CNCC2. The van der Waals surface area contributed by atoms with Crippen molar-refractivity contribution < 1.29 is 0 Å². The number of halogens is 1. The van der Waals surface area contributed by atoms with Crippen LogP contribution in [-0.4, -0.2) is 22.6 Å². The Morgan fingerprint density at radius 3 is 3.00 bits per heavy atom. The van der Waals surface area contributed by atoms with E-state index in [-0.39, 0.29) is 0 Å². The Balaban J connectivity index is 1.92. The fraction of sp³-hybridized carbons (Fsp3) is 0.600. The molecule has 3 rings (SSSR count). The lowest BCUT2D eigenvalue weighted by molar-refractivity contribution is 0.626. The maximum Gasteiger partial charge on any atom is 0.224 e. The number of anilines is 1. The minimum atomic E-state index is 0.570. The van der Waals surface area contributed by atoms with E-state index in [0.717, 1.165) is 30.8 Å². The average molecular weight is 225 g/mol. The zero-order valence-corrected chi connectivity index (χ0v) is 9.14. The van der Waals surface area contributed by atoms with Crippen LogP contribution in [0.1, 0.15) is 24.1 Å². The lowest BCUT2D eigenvalue weighted by Gasteiger charge is -2.17. The Labute approximate surface area is 93.5 Å². The topological polar surface area (TPSA) is 49.8 Å². The van der Waals surface area contributed by atoms with E-state index in [4.69, 9.17) is 11.6 Å². The zero-order chi connectivity index (χ0) is 10.3. The van der Waals surface area contributed by atoms with Gasteiger partial charge in [-0.3, -0.25) is 0 Å². The lowest BCUT2D eigenvalue weighted by atomic mass is 10.1. The number of nitrogens with one attached hydrogen (secondary N) is 2. The summed E-state index contributed by atoms with van der Waals surface area (Å²) >= 11 is 6.12. The number of nitrogens with zero attached hydrogens (tertiary/aromatic N) is 2. The second-order valence-electron chi connectivity index (χ2n) is 4.11. The predicted octanol–water partition coefficient (Wildman–Crippen LogP) is 1.35. The molecular formula is C10H13ClN4. The molecule has 0 bridgehead atoms. The lowest BCUT2D eigenvalue weighted by Crippen LogP contribution is -2.26. The smallest absolute Gasteiger partial charge is 0.224 e. The summed E-state index contributed by atoms with van der Waals surface area (Å²) in [7, 11) is 0. The first-order valence-electron chi connectivity index (χ1n) is 5.35. The summed E-state index contributed by atoms with van der Waals surface area (Å²) in [5.41, 5.74) is 2.15. The van der Waals surface area contributed by atoms with Crippen molar-refractivity contribution in [2.24, 2.45) is 0 Å². The fourth-order valence-electron chi connectivity index (χ4n) is 1.78. The van der Waals surface area contributed by atoms with Crippen molar-refractivity contribution in [1.29, 1.82) is 0 Å². The van der Waals surface area contributed by atoms with Crippen LogP contribution in [-0.2, 0) is 13.0 Å². The van der Waals surface area contributed by atoms with Gasteiger partial charge in [0, 0.05) is 31.1 Å². The van der Waals surface area contributed by atoms with E-state index in [1.807, 2.05) is 0 Å². The average Bonchev–Trinajstić information content (AvgIpc) is 3.02. The molecule has 0 unspecified atom stereocenters. The van der Waals surface area contributed by atoms with E-state index >= 15 is 0 Å². The minimum absolute atomic E-state index is 0.570. The van der Waals surface area contributed by atoms with Crippen LogP contribution >= 0.6 is 11.6 Å². The van der Waals surface area contributed by atoms with Crippen LogP contribution in [0.5, 0.6) is 0 Å². The minimum Gasteiger partial charge on any atom is -0.351 e. The van der Waals surface area contributed by atoms with Gasteiger partial charge in [-0.15, -0.1) is 0 Å². The van der Waals surface area contributed by atoms with Crippen LogP contribution in [0.25, 0.3) is 0 Å². The van der Waals surface area contributed by atoms with E-state index in [1.165, 1.54) is 12.8 Å². The molecule has 0 spiro atoms. The second-order valence-corrected chi connectivity index (χ2v) is 4.47. The molecule has 1 aliphatic heterocycles. The molecule has 4 nitrogen and oxygen atoms in total. The highest BCUT2D eigenvalue weighted by molar-refractivity contribution is 6.30. The summed E-state index contributed by atoms with van der Waals surface area (Å²) in [6, 6.07) is 0.570. The first-order chi connectivity index (χ1) is 7.33. The van der Waals surface area contributed by atoms with Gasteiger partial charge in [0.2, 0.25) is 5.95 Å². The second kappa shape index (κ2) is 3.61. The third kappa shape index (κ3) is 1.92. The van der Waals surface area contributed by atoms with Crippen LogP contribution in [0.4, 0.5) is 5.95 Å². The number of aromatic nitrogens is 2. The van der Waals surface area contributed by atoms with Crippen molar-refractivity contribution in [2.75, 3.05) is 11.9 Å². The summed E-state index contributed by atoms with van der Waals surface area (Å²) < 4.78 is 0. The van der Waals surface area contributed by atoms with Gasteiger partial charge in [-0.05, 0) is 12.8 Å². The Hall–Kier alpha value is -0.870. The molecule has 15 heavy (non-hydrogen) atoms. The van der Waals surface area contributed by atoms with Crippen molar-refractivity contribution >= 4 is 17.5 Å². The van der Waals surface area contributed by atoms with Gasteiger partial charge in [0.1, 0.15) is 5.15 Å². The van der Waals surface area contributed by atoms with Crippen LogP contribution in [0, 0.1) is 0 Å². The van der Waals surface area contributed by atoms with Crippen LogP contribution in [0.3, 0.4) is 0 Å². The quantitative estimate of drug-likeness (QED) is 0.745. The van der Waals surface area contributed by atoms with Crippen molar-refractivity contribution in [3.63, 3.8) is 0 Å². The molecule has 1 aromatic heterocycles. The van der Waals surface area contributed by atoms with Crippen LogP contribution in [0.15, 0.2) is 0 Å². The molecule has 2 N–H and O–H groups in total. The standard InChI is InChI=1S/C10H13ClN4/c11-9-7-5-12-4-3-8(7)14-10(15-9)13-6-1-2-6/h6,12H,1-5H2,(H,13,14,15). The highest BCUT2D eigenvalue weighted by atomic mass is 35.5. The number of hydrogen-bond acceptors (Lipinski definition) is 4. The summed E-state index contributed by atoms with van der Waals surface area (Å²) in [6.45, 7) is 1.76. The summed E-state index contributed by atoms with van der Waals surface area (Å²) in [4.78, 5) is 8.78. The van der Waals surface area contributed by atoms with Crippen molar-refractivity contribution in [3.8, 4) is 0 Å². The zero-order valence-electron chi connectivity index (χ0n) is 8.39. The molecule has 1 fully saturated rings. The number of hydrogen-bond donors (Lipinski definition) is 2. The molecule has 0 saturated heterocycles. The molecule has 2 aliphatic rings. The van der Waals surface area contributed by atoms with Crippen molar-refractivity contribution in [2.45, 2.75) is 31.8 Å². The van der Waals surface area contributed by atoms with Crippen molar-refractivity contribution in [1.82, 2.24) is 15.3 Å².